The number of rotatable bonds is 1. The third kappa shape index (κ3) is 2.74. The molecule has 0 aromatic rings. The van der Waals surface area contributed by atoms with Crippen LogP contribution in [0, 0.1) is 5.41 Å². The molecule has 0 saturated carbocycles. The molecule has 0 rings (SSSR count). The predicted octanol–water partition coefficient (Wildman–Crippen LogP) is 2.45. The highest BCUT2D eigenvalue weighted by Gasteiger charge is 2.24. The van der Waals surface area contributed by atoms with E-state index < -0.39 is 5.97 Å². The monoisotopic (exact) mass is 156 g/mol. The SMILES string of the molecule is CC(C)=C(C(=O)O)C(C)(C)C. The van der Waals surface area contributed by atoms with Gasteiger partial charge in [-0.1, -0.05) is 26.3 Å². The van der Waals surface area contributed by atoms with E-state index >= 15 is 0 Å². The van der Waals surface area contributed by atoms with Crippen molar-refractivity contribution in [2.45, 2.75) is 34.6 Å². The molecule has 0 aromatic heterocycles. The summed E-state index contributed by atoms with van der Waals surface area (Å²) in [6.45, 7) is 9.37. The van der Waals surface area contributed by atoms with Crippen LogP contribution in [0.2, 0.25) is 0 Å². The molecule has 0 aromatic carbocycles. The maximum absolute atomic E-state index is 10.7. The highest BCUT2D eigenvalue weighted by Crippen LogP contribution is 2.27. The molecule has 0 bridgehead atoms. The summed E-state index contributed by atoms with van der Waals surface area (Å²) in [7, 11) is 0. The van der Waals surface area contributed by atoms with Crippen molar-refractivity contribution in [1.29, 1.82) is 0 Å². The molecule has 2 nitrogen and oxygen atoms in total. The minimum atomic E-state index is -0.808. The molecule has 0 spiro atoms. The van der Waals surface area contributed by atoms with Gasteiger partial charge >= 0.3 is 5.97 Å². The van der Waals surface area contributed by atoms with E-state index in [9.17, 15) is 4.79 Å². The van der Waals surface area contributed by atoms with E-state index in [-0.39, 0.29) is 5.41 Å². The first-order valence-corrected chi connectivity index (χ1v) is 3.68. The van der Waals surface area contributed by atoms with Gasteiger partial charge in [0.25, 0.3) is 0 Å². The second-order valence-corrected chi connectivity index (χ2v) is 3.93. The Morgan fingerprint density at radius 2 is 1.55 bits per heavy atom. The normalized spacial score (nSPS) is 11.0. The Kier molecular flexibility index (Phi) is 2.85. The quantitative estimate of drug-likeness (QED) is 0.592. The minimum absolute atomic E-state index is 0.259. The summed E-state index contributed by atoms with van der Waals surface area (Å²) < 4.78 is 0. The van der Waals surface area contributed by atoms with Crippen LogP contribution < -0.4 is 0 Å². The lowest BCUT2D eigenvalue weighted by molar-refractivity contribution is -0.133. The summed E-state index contributed by atoms with van der Waals surface area (Å²) in [6.07, 6.45) is 0. The second kappa shape index (κ2) is 3.07. The highest BCUT2D eigenvalue weighted by molar-refractivity contribution is 5.88. The molecule has 0 atom stereocenters. The largest absolute Gasteiger partial charge is 0.478 e. The molecular formula is C9H16O2. The Bertz CT molecular complexity index is 190. The van der Waals surface area contributed by atoms with Crippen LogP contribution >= 0.6 is 0 Å². The average molecular weight is 156 g/mol. The Labute approximate surface area is 67.9 Å². The van der Waals surface area contributed by atoms with E-state index in [1.165, 1.54) is 0 Å². The molecule has 0 fully saturated rings. The van der Waals surface area contributed by atoms with Gasteiger partial charge in [0.05, 0.1) is 0 Å². The number of carboxylic acid groups (broad SMARTS) is 1. The van der Waals surface area contributed by atoms with Gasteiger partial charge < -0.3 is 5.11 Å². The van der Waals surface area contributed by atoms with Crippen molar-refractivity contribution in [3.05, 3.63) is 11.1 Å². The van der Waals surface area contributed by atoms with Gasteiger partial charge in [-0.2, -0.15) is 0 Å². The molecule has 0 aliphatic carbocycles. The van der Waals surface area contributed by atoms with Gasteiger partial charge in [-0.3, -0.25) is 0 Å². The molecule has 0 radical (unpaired) electrons. The summed E-state index contributed by atoms with van der Waals surface area (Å²) in [5.74, 6) is -0.808. The van der Waals surface area contributed by atoms with Gasteiger partial charge in [0.1, 0.15) is 0 Å². The molecule has 0 heterocycles. The smallest absolute Gasteiger partial charge is 0.332 e. The third-order valence-electron chi connectivity index (χ3n) is 1.46. The Hall–Kier alpha value is -0.790. The van der Waals surface area contributed by atoms with Gasteiger partial charge in [-0.05, 0) is 19.3 Å². The number of aliphatic carboxylic acids is 1. The number of hydrogen-bond acceptors (Lipinski definition) is 1. The van der Waals surface area contributed by atoms with Gasteiger partial charge in [0, 0.05) is 5.57 Å². The fourth-order valence-corrected chi connectivity index (χ4v) is 1.28. The zero-order chi connectivity index (χ0) is 9.23. The third-order valence-corrected chi connectivity index (χ3v) is 1.46. The zero-order valence-electron chi connectivity index (χ0n) is 7.86. The van der Waals surface area contributed by atoms with E-state index in [1.807, 2.05) is 34.6 Å². The van der Waals surface area contributed by atoms with Gasteiger partial charge in [-0.25, -0.2) is 4.79 Å². The molecule has 1 N–H and O–H groups in total. The fourth-order valence-electron chi connectivity index (χ4n) is 1.28. The first kappa shape index (κ1) is 10.2. The lowest BCUT2D eigenvalue weighted by Gasteiger charge is -2.20. The van der Waals surface area contributed by atoms with Crippen molar-refractivity contribution in [2.24, 2.45) is 5.41 Å². The van der Waals surface area contributed by atoms with Crippen LogP contribution in [0.15, 0.2) is 11.1 Å². The van der Waals surface area contributed by atoms with Crippen molar-refractivity contribution < 1.29 is 9.90 Å². The van der Waals surface area contributed by atoms with Crippen molar-refractivity contribution in [1.82, 2.24) is 0 Å². The Morgan fingerprint density at radius 1 is 1.18 bits per heavy atom. The van der Waals surface area contributed by atoms with E-state index in [0.29, 0.717) is 5.57 Å². The van der Waals surface area contributed by atoms with Crippen LogP contribution in [0.1, 0.15) is 34.6 Å². The molecule has 0 aliphatic heterocycles. The number of allylic oxidation sites excluding steroid dienone is 1. The lowest BCUT2D eigenvalue weighted by Crippen LogP contribution is -2.18. The van der Waals surface area contributed by atoms with Crippen LogP contribution in [0.4, 0.5) is 0 Å². The van der Waals surface area contributed by atoms with Gasteiger partial charge in [-0.15, -0.1) is 0 Å². The van der Waals surface area contributed by atoms with Crippen molar-refractivity contribution in [3.8, 4) is 0 Å². The number of carbonyl (C=O) groups is 1. The standard InChI is InChI=1S/C9H16O2/c1-6(2)7(8(10)11)9(3,4)5/h1-5H3,(H,10,11). The van der Waals surface area contributed by atoms with E-state index in [2.05, 4.69) is 0 Å². The number of hydrogen-bond donors (Lipinski definition) is 1. The summed E-state index contributed by atoms with van der Waals surface area (Å²) >= 11 is 0. The molecule has 0 unspecified atom stereocenters. The van der Waals surface area contributed by atoms with Gasteiger partial charge in [0.15, 0.2) is 0 Å². The van der Waals surface area contributed by atoms with Crippen molar-refractivity contribution in [2.75, 3.05) is 0 Å². The summed E-state index contributed by atoms with van der Waals surface area (Å²) in [6, 6.07) is 0. The van der Waals surface area contributed by atoms with E-state index in [1.54, 1.807) is 0 Å². The molecule has 64 valence electrons. The lowest BCUT2D eigenvalue weighted by atomic mass is 9.84. The fraction of sp³-hybridized carbons (Fsp3) is 0.667. The zero-order valence-corrected chi connectivity index (χ0v) is 7.86. The molecule has 11 heavy (non-hydrogen) atoms. The molecule has 0 saturated heterocycles. The molecular weight excluding hydrogens is 140 g/mol. The minimum Gasteiger partial charge on any atom is -0.478 e. The summed E-state index contributed by atoms with van der Waals surface area (Å²) in [5.41, 5.74) is 1.13. The number of carboxylic acids is 1. The predicted molar refractivity (Wildman–Crippen MR) is 45.5 cm³/mol. The maximum atomic E-state index is 10.7. The van der Waals surface area contributed by atoms with Crippen LogP contribution in [-0.4, -0.2) is 11.1 Å². The van der Waals surface area contributed by atoms with E-state index in [0.717, 1.165) is 5.57 Å². The van der Waals surface area contributed by atoms with Crippen molar-refractivity contribution in [3.63, 3.8) is 0 Å². The van der Waals surface area contributed by atoms with Crippen molar-refractivity contribution >= 4 is 5.97 Å². The second-order valence-electron chi connectivity index (χ2n) is 3.93. The van der Waals surface area contributed by atoms with Crippen LogP contribution in [0.3, 0.4) is 0 Å². The van der Waals surface area contributed by atoms with Crippen LogP contribution in [0.5, 0.6) is 0 Å². The van der Waals surface area contributed by atoms with Gasteiger partial charge in [0.2, 0.25) is 0 Å². The highest BCUT2D eigenvalue weighted by atomic mass is 16.4. The average Bonchev–Trinajstić information content (AvgIpc) is 1.54. The molecule has 0 aliphatic rings. The summed E-state index contributed by atoms with van der Waals surface area (Å²) in [4.78, 5) is 10.7. The summed E-state index contributed by atoms with van der Waals surface area (Å²) in [5, 5.41) is 8.82. The topological polar surface area (TPSA) is 37.3 Å². The van der Waals surface area contributed by atoms with Crippen LogP contribution in [-0.2, 0) is 4.79 Å². The molecule has 2 heteroatoms. The van der Waals surface area contributed by atoms with E-state index in [4.69, 9.17) is 5.11 Å². The first-order valence-electron chi connectivity index (χ1n) is 3.68. The Morgan fingerprint density at radius 3 is 1.55 bits per heavy atom. The van der Waals surface area contributed by atoms with Crippen LogP contribution in [0.25, 0.3) is 0 Å². The first-order chi connectivity index (χ1) is 4.76. The molecule has 0 amide bonds. The Balaban J connectivity index is 4.96. The maximum Gasteiger partial charge on any atom is 0.332 e.